The van der Waals surface area contributed by atoms with E-state index in [1.807, 2.05) is 26.0 Å². The van der Waals surface area contributed by atoms with Gasteiger partial charge in [0.15, 0.2) is 5.78 Å². The van der Waals surface area contributed by atoms with Crippen molar-refractivity contribution >= 4 is 28.5 Å². The highest BCUT2D eigenvalue weighted by molar-refractivity contribution is 5.88. The van der Waals surface area contributed by atoms with Crippen LogP contribution in [0.25, 0.3) is 0 Å². The highest BCUT2D eigenvalue weighted by atomic mass is 16.6. The van der Waals surface area contributed by atoms with E-state index in [1.54, 1.807) is 24.3 Å². The number of nitro groups is 2. The first-order valence-corrected chi connectivity index (χ1v) is 12.2. The molecule has 0 aromatic heterocycles. The van der Waals surface area contributed by atoms with Gasteiger partial charge in [-0.2, -0.15) is 0 Å². The zero-order valence-electron chi connectivity index (χ0n) is 20.7. The molecule has 2 aromatic carbocycles. The molecular formula is C25H32N6O5. The molecule has 0 spiro atoms. The second-order valence-electron chi connectivity index (χ2n) is 9.35. The molecule has 2 heterocycles. The molecule has 192 valence electrons. The molecule has 36 heavy (non-hydrogen) atoms. The lowest BCUT2D eigenvalue weighted by Crippen LogP contribution is -2.57. The van der Waals surface area contributed by atoms with E-state index in [0.29, 0.717) is 52.4 Å². The molecule has 11 nitrogen and oxygen atoms in total. The lowest BCUT2D eigenvalue weighted by Gasteiger charge is -2.42. The van der Waals surface area contributed by atoms with Crippen molar-refractivity contribution in [1.82, 2.24) is 9.80 Å². The molecule has 0 N–H and O–H groups in total. The summed E-state index contributed by atoms with van der Waals surface area (Å²) in [6.45, 7) is 9.58. The molecule has 2 unspecified atom stereocenters. The Morgan fingerprint density at radius 3 is 1.39 bits per heavy atom. The van der Waals surface area contributed by atoms with E-state index in [0.717, 1.165) is 11.4 Å². The van der Waals surface area contributed by atoms with Gasteiger partial charge in [-0.1, -0.05) is 12.1 Å². The van der Waals surface area contributed by atoms with Crippen molar-refractivity contribution in [2.75, 3.05) is 62.2 Å². The van der Waals surface area contributed by atoms with E-state index in [2.05, 4.69) is 19.6 Å². The van der Waals surface area contributed by atoms with Gasteiger partial charge in [-0.3, -0.25) is 34.8 Å². The smallest absolute Gasteiger partial charge is 0.271 e. The predicted molar refractivity (Wildman–Crippen MR) is 138 cm³/mol. The number of benzene rings is 2. The number of carbonyl (C=O) groups is 1. The molecule has 11 heteroatoms. The van der Waals surface area contributed by atoms with E-state index in [-0.39, 0.29) is 39.1 Å². The fraction of sp³-hybridized carbons (Fsp3) is 0.480. The predicted octanol–water partition coefficient (Wildman–Crippen LogP) is 2.79. The molecule has 0 amide bonds. The Labute approximate surface area is 210 Å². The van der Waals surface area contributed by atoms with Crippen molar-refractivity contribution < 1.29 is 14.6 Å². The molecule has 0 aliphatic carbocycles. The summed E-state index contributed by atoms with van der Waals surface area (Å²) in [6, 6.07) is 12.9. The Kier molecular flexibility index (Phi) is 7.80. The normalized spacial score (nSPS) is 19.1. The van der Waals surface area contributed by atoms with Gasteiger partial charge >= 0.3 is 0 Å². The molecule has 2 aliphatic rings. The number of rotatable bonds is 8. The molecule has 0 bridgehead atoms. The van der Waals surface area contributed by atoms with Gasteiger partial charge in [0.2, 0.25) is 0 Å². The first-order chi connectivity index (χ1) is 17.2. The van der Waals surface area contributed by atoms with Gasteiger partial charge in [-0.25, -0.2) is 0 Å². The number of carbonyl (C=O) groups excluding carboxylic acids is 1. The first-order valence-electron chi connectivity index (χ1n) is 12.2. The molecule has 0 saturated carbocycles. The number of hydrogen-bond donors (Lipinski definition) is 0. The summed E-state index contributed by atoms with van der Waals surface area (Å²) in [6.07, 6.45) is 0. The summed E-state index contributed by atoms with van der Waals surface area (Å²) in [5, 5.41) is 22.2. The number of non-ortho nitro benzene ring substituents is 2. The zero-order chi connectivity index (χ0) is 25.8. The molecule has 2 saturated heterocycles. The van der Waals surface area contributed by atoms with Gasteiger partial charge in [-0.15, -0.1) is 0 Å². The van der Waals surface area contributed by atoms with Crippen molar-refractivity contribution in [3.63, 3.8) is 0 Å². The Hall–Kier alpha value is -3.57. The van der Waals surface area contributed by atoms with Crippen LogP contribution in [0, 0.1) is 20.2 Å². The van der Waals surface area contributed by atoms with Crippen LogP contribution in [0.5, 0.6) is 0 Å². The van der Waals surface area contributed by atoms with Crippen LogP contribution in [0.4, 0.5) is 22.7 Å². The van der Waals surface area contributed by atoms with Crippen LogP contribution in [0.3, 0.4) is 0 Å². The summed E-state index contributed by atoms with van der Waals surface area (Å²) in [5.74, 6) is 0.183. The van der Waals surface area contributed by atoms with E-state index < -0.39 is 0 Å². The monoisotopic (exact) mass is 496 g/mol. The van der Waals surface area contributed by atoms with Crippen molar-refractivity contribution in [2.45, 2.75) is 25.9 Å². The first kappa shape index (κ1) is 25.5. The molecule has 0 radical (unpaired) electrons. The number of nitro benzene ring substituents is 2. The number of nitrogens with zero attached hydrogens (tertiary/aromatic N) is 6. The summed E-state index contributed by atoms with van der Waals surface area (Å²) in [5.41, 5.74) is 1.83. The highest BCUT2D eigenvalue weighted by Gasteiger charge is 2.32. The third kappa shape index (κ3) is 5.63. The lowest BCUT2D eigenvalue weighted by atomic mass is 10.0. The second-order valence-corrected chi connectivity index (χ2v) is 9.35. The molecular weight excluding hydrogens is 464 g/mol. The Morgan fingerprint density at radius 2 is 1.06 bits per heavy atom. The topological polar surface area (TPSA) is 116 Å². The third-order valence-corrected chi connectivity index (χ3v) is 7.36. The molecule has 2 atom stereocenters. The minimum atomic E-state index is -0.384. The largest absolute Gasteiger partial charge is 0.369 e. The Morgan fingerprint density at radius 1 is 0.694 bits per heavy atom. The van der Waals surface area contributed by atoms with E-state index in [1.165, 1.54) is 12.1 Å². The lowest BCUT2D eigenvalue weighted by molar-refractivity contribution is -0.385. The van der Waals surface area contributed by atoms with Gasteiger partial charge in [0.25, 0.3) is 11.4 Å². The van der Waals surface area contributed by atoms with Crippen LogP contribution in [-0.4, -0.2) is 89.9 Å². The van der Waals surface area contributed by atoms with Crippen LogP contribution < -0.4 is 9.80 Å². The van der Waals surface area contributed by atoms with Crippen molar-refractivity contribution in [3.05, 3.63) is 68.8 Å². The van der Waals surface area contributed by atoms with Crippen LogP contribution in [0.15, 0.2) is 48.5 Å². The highest BCUT2D eigenvalue weighted by Crippen LogP contribution is 2.25. The number of Topliss-reactive ketones (excluding diaryl/α,β-unsaturated/α-hetero) is 1. The maximum atomic E-state index is 13.3. The Bertz CT molecular complexity index is 1030. The third-order valence-electron chi connectivity index (χ3n) is 7.36. The molecule has 2 aliphatic heterocycles. The zero-order valence-corrected chi connectivity index (χ0v) is 20.7. The van der Waals surface area contributed by atoms with Gasteiger partial charge in [0.05, 0.1) is 21.9 Å². The van der Waals surface area contributed by atoms with Gasteiger partial charge in [0.1, 0.15) is 0 Å². The van der Waals surface area contributed by atoms with E-state index in [4.69, 9.17) is 0 Å². The van der Waals surface area contributed by atoms with Crippen LogP contribution in [0.2, 0.25) is 0 Å². The van der Waals surface area contributed by atoms with Crippen molar-refractivity contribution in [2.24, 2.45) is 0 Å². The number of hydrogen-bond acceptors (Lipinski definition) is 9. The Balaban J connectivity index is 1.28. The average Bonchev–Trinajstić information content (AvgIpc) is 2.92. The number of piperazine rings is 2. The fourth-order valence-corrected chi connectivity index (χ4v) is 5.05. The van der Waals surface area contributed by atoms with E-state index in [9.17, 15) is 25.0 Å². The fourth-order valence-electron chi connectivity index (χ4n) is 5.05. The number of ketones is 1. The summed E-state index contributed by atoms with van der Waals surface area (Å²) in [7, 11) is 0. The van der Waals surface area contributed by atoms with Crippen LogP contribution in [0.1, 0.15) is 13.8 Å². The van der Waals surface area contributed by atoms with Gasteiger partial charge in [-0.05, 0) is 26.0 Å². The minimum absolute atomic E-state index is 0.0814. The van der Waals surface area contributed by atoms with Gasteiger partial charge < -0.3 is 9.80 Å². The van der Waals surface area contributed by atoms with Crippen LogP contribution in [-0.2, 0) is 4.79 Å². The molecule has 4 rings (SSSR count). The van der Waals surface area contributed by atoms with Crippen molar-refractivity contribution in [1.29, 1.82) is 0 Å². The van der Waals surface area contributed by atoms with Gasteiger partial charge in [0, 0.05) is 88.0 Å². The number of anilines is 2. The second kappa shape index (κ2) is 11.0. The maximum absolute atomic E-state index is 13.3. The SMILES string of the molecule is CC(C(=O)C(C)N1CCN(c2cccc([N+](=O)[O-])c2)CC1)N1CCN(c2cccc([N+](=O)[O-])c2)CC1. The molecule has 2 aromatic rings. The minimum Gasteiger partial charge on any atom is -0.369 e. The average molecular weight is 497 g/mol. The molecule has 2 fully saturated rings. The maximum Gasteiger partial charge on any atom is 0.271 e. The van der Waals surface area contributed by atoms with Crippen molar-refractivity contribution in [3.8, 4) is 0 Å². The van der Waals surface area contributed by atoms with Crippen LogP contribution >= 0.6 is 0 Å². The van der Waals surface area contributed by atoms with E-state index >= 15 is 0 Å². The quantitative estimate of drug-likeness (QED) is 0.402. The summed E-state index contributed by atoms with van der Waals surface area (Å²) >= 11 is 0. The summed E-state index contributed by atoms with van der Waals surface area (Å²) in [4.78, 5) is 43.3. The standard InChI is InChI=1S/C25H32N6O5/c1-19(26-9-13-28(14-10-26)21-5-3-7-23(17-21)30(33)34)25(32)20(2)27-11-15-29(16-12-27)22-6-4-8-24(18-22)31(35)36/h3-8,17-20H,9-16H2,1-2H3. The summed E-state index contributed by atoms with van der Waals surface area (Å²) < 4.78 is 0.